The van der Waals surface area contributed by atoms with Crippen LogP contribution in [0, 0.1) is 29.9 Å². The molecular weight excluding hydrogens is 670 g/mol. The van der Waals surface area contributed by atoms with Gasteiger partial charge in [-0.15, -0.1) is 0 Å². The predicted octanol–water partition coefficient (Wildman–Crippen LogP) is 5.80. The van der Waals surface area contributed by atoms with Gasteiger partial charge in [-0.25, -0.2) is 8.78 Å². The number of ether oxygens (including phenoxy) is 1. The average molecular weight is 719 g/mol. The number of nitrogens with zero attached hydrogens (tertiary/aromatic N) is 6. The van der Waals surface area contributed by atoms with E-state index in [0.29, 0.717) is 42.9 Å². The number of carbonyl (C=O) groups excluding carboxylic acids is 2. The number of nitrogens with one attached hydrogen (secondary N) is 4. The Labute approximate surface area is 302 Å². The van der Waals surface area contributed by atoms with Gasteiger partial charge in [0.2, 0.25) is 11.8 Å². The molecule has 2 aliphatic rings. The molecule has 0 saturated carbocycles. The SMILES string of the molecule is Cc1ccc(-c2[nH]nc(NC(=O)CC(C)(C)CN3CCC(COc4cncc(-c5[nH]nc(NC(=O)CCCN6CCCCC6)c5F)c4)C3)c2F)cn1. The molecule has 6 rings (SSSR count). The van der Waals surface area contributed by atoms with Crippen LogP contribution in [0.3, 0.4) is 0 Å². The number of aromatic nitrogens is 6. The van der Waals surface area contributed by atoms with Crippen LogP contribution >= 0.6 is 0 Å². The molecular formula is C37H48F2N10O3. The standard InChI is InChI=1S/C37H48F2N10O3/c1-24-9-10-26(19-41-24)33-31(38)36(47-44-33)43-30(51)17-37(2,3)23-49-15-11-25(21-49)22-52-28-16-27(18-40-20-28)34-32(39)35(46-45-34)42-29(50)8-7-14-48-12-5-4-6-13-48/h9-10,16,18-20,25H,4-8,11-15,17,21-23H2,1-3H3,(H2,42,45,46,50)(H2,43,44,47,51). The van der Waals surface area contributed by atoms with Gasteiger partial charge in [0.15, 0.2) is 23.3 Å². The number of H-pyrrole nitrogens is 2. The summed E-state index contributed by atoms with van der Waals surface area (Å²) in [5.41, 5.74) is 1.73. The van der Waals surface area contributed by atoms with Crippen molar-refractivity contribution in [2.24, 2.45) is 11.3 Å². The van der Waals surface area contributed by atoms with Gasteiger partial charge < -0.3 is 25.2 Å². The summed E-state index contributed by atoms with van der Waals surface area (Å²) in [6.07, 6.45) is 10.4. The Kier molecular flexibility index (Phi) is 11.9. The van der Waals surface area contributed by atoms with E-state index in [1.807, 2.05) is 20.8 Å². The maximum absolute atomic E-state index is 15.3. The van der Waals surface area contributed by atoms with E-state index in [4.69, 9.17) is 4.74 Å². The molecule has 0 radical (unpaired) electrons. The van der Waals surface area contributed by atoms with E-state index in [1.54, 1.807) is 30.6 Å². The van der Waals surface area contributed by atoms with Crippen molar-refractivity contribution in [3.63, 3.8) is 0 Å². The van der Waals surface area contributed by atoms with E-state index in [-0.39, 0.29) is 52.6 Å². The zero-order valence-corrected chi connectivity index (χ0v) is 30.1. The normalized spacial score (nSPS) is 17.0. The molecule has 52 heavy (non-hydrogen) atoms. The molecule has 0 spiro atoms. The van der Waals surface area contributed by atoms with Crippen LogP contribution in [0.25, 0.3) is 22.5 Å². The molecule has 0 bridgehead atoms. The summed E-state index contributed by atoms with van der Waals surface area (Å²) in [5, 5.41) is 18.5. The second-order valence-corrected chi connectivity index (χ2v) is 14.8. The molecule has 1 unspecified atom stereocenters. The Hall–Kier alpha value is -4.76. The van der Waals surface area contributed by atoms with Gasteiger partial charge in [0.1, 0.15) is 17.1 Å². The van der Waals surface area contributed by atoms with E-state index in [2.05, 4.69) is 50.8 Å². The van der Waals surface area contributed by atoms with E-state index < -0.39 is 11.6 Å². The van der Waals surface area contributed by atoms with Crippen LogP contribution in [0.2, 0.25) is 0 Å². The minimum atomic E-state index is -0.648. The van der Waals surface area contributed by atoms with Crippen molar-refractivity contribution >= 4 is 23.5 Å². The van der Waals surface area contributed by atoms with Gasteiger partial charge in [0, 0.05) is 61.1 Å². The number of halogens is 2. The molecule has 4 N–H and O–H groups in total. The lowest BCUT2D eigenvalue weighted by Crippen LogP contribution is -2.35. The van der Waals surface area contributed by atoms with Gasteiger partial charge in [-0.1, -0.05) is 20.3 Å². The highest BCUT2D eigenvalue weighted by Gasteiger charge is 2.31. The maximum Gasteiger partial charge on any atom is 0.226 e. The quantitative estimate of drug-likeness (QED) is 0.119. The van der Waals surface area contributed by atoms with Gasteiger partial charge in [-0.3, -0.25) is 29.8 Å². The molecule has 278 valence electrons. The number of carbonyl (C=O) groups is 2. The Bertz CT molecular complexity index is 1820. The highest BCUT2D eigenvalue weighted by molar-refractivity contribution is 5.91. The molecule has 0 aliphatic carbocycles. The Morgan fingerprint density at radius 2 is 1.63 bits per heavy atom. The Morgan fingerprint density at radius 1 is 0.923 bits per heavy atom. The van der Waals surface area contributed by atoms with Crippen molar-refractivity contribution in [2.45, 2.75) is 65.7 Å². The van der Waals surface area contributed by atoms with Gasteiger partial charge in [-0.2, -0.15) is 10.2 Å². The van der Waals surface area contributed by atoms with Gasteiger partial charge in [0.05, 0.1) is 12.8 Å². The summed E-state index contributed by atoms with van der Waals surface area (Å²) in [6.45, 7) is 11.6. The molecule has 2 saturated heterocycles. The van der Waals surface area contributed by atoms with Gasteiger partial charge in [-0.05, 0) is 82.4 Å². The fraction of sp³-hybridized carbons (Fsp3) is 0.514. The highest BCUT2D eigenvalue weighted by Crippen LogP contribution is 2.30. The lowest BCUT2D eigenvalue weighted by atomic mass is 9.88. The molecule has 2 fully saturated rings. The van der Waals surface area contributed by atoms with Crippen LogP contribution in [0.15, 0.2) is 36.8 Å². The first-order valence-electron chi connectivity index (χ1n) is 18.1. The van der Waals surface area contributed by atoms with Crippen molar-refractivity contribution < 1.29 is 23.1 Å². The van der Waals surface area contributed by atoms with Crippen LogP contribution in [0.4, 0.5) is 20.4 Å². The first-order valence-corrected chi connectivity index (χ1v) is 18.1. The van der Waals surface area contributed by atoms with Gasteiger partial charge >= 0.3 is 0 Å². The van der Waals surface area contributed by atoms with Crippen LogP contribution in [-0.2, 0) is 9.59 Å². The first-order chi connectivity index (χ1) is 25.0. The number of rotatable bonds is 15. The van der Waals surface area contributed by atoms with Crippen LogP contribution in [0.1, 0.15) is 64.5 Å². The second-order valence-electron chi connectivity index (χ2n) is 14.8. The monoisotopic (exact) mass is 718 g/mol. The molecule has 2 aliphatic heterocycles. The van der Waals surface area contributed by atoms with E-state index in [9.17, 15) is 9.59 Å². The second kappa shape index (κ2) is 16.7. The summed E-state index contributed by atoms with van der Waals surface area (Å²) in [5.74, 6) is -1.38. The zero-order valence-electron chi connectivity index (χ0n) is 30.1. The predicted molar refractivity (Wildman–Crippen MR) is 194 cm³/mol. The lowest BCUT2D eigenvalue weighted by molar-refractivity contribution is -0.118. The number of anilines is 2. The molecule has 2 amide bonds. The third-order valence-corrected chi connectivity index (χ3v) is 9.60. The fourth-order valence-electron chi connectivity index (χ4n) is 6.97. The smallest absolute Gasteiger partial charge is 0.226 e. The average Bonchev–Trinajstić information content (AvgIpc) is 3.82. The maximum atomic E-state index is 15.3. The minimum absolute atomic E-state index is 0.124. The first kappa shape index (κ1) is 37.0. The Morgan fingerprint density at radius 3 is 2.35 bits per heavy atom. The highest BCUT2D eigenvalue weighted by atomic mass is 19.1. The van der Waals surface area contributed by atoms with Crippen LogP contribution < -0.4 is 15.4 Å². The molecule has 1 atom stereocenters. The summed E-state index contributed by atoms with van der Waals surface area (Å²) >= 11 is 0. The largest absolute Gasteiger partial charge is 0.492 e. The fourth-order valence-corrected chi connectivity index (χ4v) is 6.97. The third kappa shape index (κ3) is 9.76. The number of amides is 2. The molecule has 4 aromatic heterocycles. The van der Waals surface area contributed by atoms with Crippen molar-refractivity contribution in [1.29, 1.82) is 0 Å². The van der Waals surface area contributed by atoms with Gasteiger partial charge in [0.25, 0.3) is 0 Å². The van der Waals surface area contributed by atoms with Crippen molar-refractivity contribution in [1.82, 2.24) is 40.2 Å². The molecule has 4 aromatic rings. The number of hydrogen-bond donors (Lipinski definition) is 4. The number of aromatic amines is 2. The number of hydrogen-bond acceptors (Lipinski definition) is 9. The zero-order chi connectivity index (χ0) is 36.7. The third-order valence-electron chi connectivity index (χ3n) is 9.60. The summed E-state index contributed by atoms with van der Waals surface area (Å²) in [4.78, 5) is 38.5. The summed E-state index contributed by atoms with van der Waals surface area (Å²) in [6, 6.07) is 5.23. The number of aryl methyl sites for hydroxylation is 1. The molecule has 0 aromatic carbocycles. The van der Waals surface area contributed by atoms with Crippen molar-refractivity contribution in [3.05, 3.63) is 54.1 Å². The Balaban J connectivity index is 0.939. The van der Waals surface area contributed by atoms with E-state index in [0.717, 1.165) is 44.8 Å². The van der Waals surface area contributed by atoms with Crippen LogP contribution in [-0.4, -0.2) is 97.9 Å². The topological polar surface area (TPSA) is 157 Å². The molecule has 6 heterocycles. The van der Waals surface area contributed by atoms with Crippen LogP contribution in [0.5, 0.6) is 5.75 Å². The lowest BCUT2D eigenvalue weighted by Gasteiger charge is -2.29. The van der Waals surface area contributed by atoms with E-state index in [1.165, 1.54) is 25.5 Å². The molecule has 13 nitrogen and oxygen atoms in total. The number of pyridine rings is 2. The van der Waals surface area contributed by atoms with E-state index >= 15 is 8.78 Å². The number of piperidine rings is 1. The summed E-state index contributed by atoms with van der Waals surface area (Å²) < 4.78 is 36.4. The van der Waals surface area contributed by atoms with Crippen molar-refractivity contribution in [3.8, 4) is 28.3 Å². The minimum Gasteiger partial charge on any atom is -0.492 e. The van der Waals surface area contributed by atoms with Crippen molar-refractivity contribution in [2.75, 3.05) is 56.5 Å². The summed E-state index contributed by atoms with van der Waals surface area (Å²) in [7, 11) is 0. The number of likely N-dealkylation sites (tertiary alicyclic amines) is 2. The molecule has 15 heteroatoms.